The van der Waals surface area contributed by atoms with E-state index in [0.717, 1.165) is 12.8 Å². The molecule has 0 radical (unpaired) electrons. The number of amides is 1. The van der Waals surface area contributed by atoms with Gasteiger partial charge in [-0.15, -0.1) is 0 Å². The van der Waals surface area contributed by atoms with E-state index in [1.165, 1.54) is 0 Å². The highest BCUT2D eigenvalue weighted by atomic mass is 16.6. The van der Waals surface area contributed by atoms with Crippen molar-refractivity contribution in [3.05, 3.63) is 47.7 Å². The second-order valence-electron chi connectivity index (χ2n) is 6.46. The molecule has 1 aromatic heterocycles. The molecule has 2 aliphatic heterocycles. The summed E-state index contributed by atoms with van der Waals surface area (Å²) in [4.78, 5) is 19.0. The van der Waals surface area contributed by atoms with Crippen molar-refractivity contribution in [1.82, 2.24) is 9.88 Å². The minimum absolute atomic E-state index is 0.0932. The number of hydrogen-bond acceptors (Lipinski definition) is 6. The first kappa shape index (κ1) is 17.2. The zero-order valence-corrected chi connectivity index (χ0v) is 14.8. The van der Waals surface area contributed by atoms with Gasteiger partial charge in [0.1, 0.15) is 19.3 Å². The van der Waals surface area contributed by atoms with Crippen molar-refractivity contribution in [3.8, 4) is 23.4 Å². The molecule has 0 saturated carbocycles. The van der Waals surface area contributed by atoms with E-state index in [1.54, 1.807) is 41.4 Å². The minimum atomic E-state index is -0.166. The maximum Gasteiger partial charge on any atom is 0.257 e. The van der Waals surface area contributed by atoms with Crippen LogP contribution in [0.5, 0.6) is 17.4 Å². The Morgan fingerprint density at radius 3 is 3.07 bits per heavy atom. The molecule has 7 heteroatoms. The third-order valence-electron chi connectivity index (χ3n) is 4.61. The number of likely N-dealkylation sites (tertiary alicyclic amines) is 1. The molecule has 1 aromatic carbocycles. The third-order valence-corrected chi connectivity index (χ3v) is 4.61. The van der Waals surface area contributed by atoms with Crippen LogP contribution in [0.1, 0.15) is 28.8 Å². The molecule has 1 atom stereocenters. The van der Waals surface area contributed by atoms with Gasteiger partial charge < -0.3 is 19.1 Å². The van der Waals surface area contributed by atoms with Crippen LogP contribution in [0.25, 0.3) is 0 Å². The van der Waals surface area contributed by atoms with E-state index in [4.69, 9.17) is 19.5 Å². The maximum absolute atomic E-state index is 13.0. The summed E-state index contributed by atoms with van der Waals surface area (Å²) in [5, 5.41) is 9.00. The molecule has 0 aliphatic carbocycles. The van der Waals surface area contributed by atoms with Crippen LogP contribution in [-0.2, 0) is 0 Å². The number of pyridine rings is 1. The number of aromatic nitrogens is 1. The van der Waals surface area contributed by atoms with Crippen LogP contribution >= 0.6 is 0 Å². The lowest BCUT2D eigenvalue weighted by molar-refractivity contribution is 0.0520. The zero-order valence-electron chi connectivity index (χ0n) is 14.8. The van der Waals surface area contributed by atoms with Crippen LogP contribution in [-0.4, -0.2) is 48.2 Å². The summed E-state index contributed by atoms with van der Waals surface area (Å²) in [5.41, 5.74) is 1.01. The molecule has 3 heterocycles. The monoisotopic (exact) mass is 365 g/mol. The molecule has 0 spiro atoms. The van der Waals surface area contributed by atoms with E-state index in [9.17, 15) is 4.79 Å². The fraction of sp³-hybridized carbons (Fsp3) is 0.350. The molecular formula is C20H19N3O4. The number of fused-ring (bicyclic) bond motifs is 1. The summed E-state index contributed by atoms with van der Waals surface area (Å²) < 4.78 is 17.2. The van der Waals surface area contributed by atoms with E-state index in [2.05, 4.69) is 11.1 Å². The lowest BCUT2D eigenvalue weighted by Crippen LogP contribution is -2.44. The Hall–Kier alpha value is -3.27. The van der Waals surface area contributed by atoms with Gasteiger partial charge in [0.05, 0.1) is 23.7 Å². The van der Waals surface area contributed by atoms with Crippen LogP contribution in [0.2, 0.25) is 0 Å². The van der Waals surface area contributed by atoms with Crippen molar-refractivity contribution < 1.29 is 19.0 Å². The first-order valence-corrected chi connectivity index (χ1v) is 8.95. The molecule has 1 unspecified atom stereocenters. The third kappa shape index (κ3) is 3.65. The van der Waals surface area contributed by atoms with Gasteiger partial charge in [-0.3, -0.25) is 4.79 Å². The number of hydrogen-bond donors (Lipinski definition) is 0. The van der Waals surface area contributed by atoms with E-state index >= 15 is 0 Å². The number of carbonyl (C=O) groups is 1. The largest absolute Gasteiger partial charge is 0.486 e. The van der Waals surface area contributed by atoms with E-state index in [0.29, 0.717) is 54.8 Å². The van der Waals surface area contributed by atoms with Gasteiger partial charge in [-0.1, -0.05) is 6.07 Å². The Kier molecular flexibility index (Phi) is 4.79. The second kappa shape index (κ2) is 7.54. The Balaban J connectivity index is 1.48. The Bertz CT molecular complexity index is 893. The number of nitriles is 1. The number of carbonyl (C=O) groups excluding carboxylic acids is 1. The Morgan fingerprint density at radius 2 is 2.19 bits per heavy atom. The highest BCUT2D eigenvalue weighted by Gasteiger charge is 2.29. The predicted octanol–water partition coefficient (Wildman–Crippen LogP) is 2.41. The van der Waals surface area contributed by atoms with Crippen molar-refractivity contribution in [2.45, 2.75) is 18.9 Å². The summed E-state index contributed by atoms with van der Waals surface area (Å²) in [6.45, 7) is 2.04. The standard InChI is InChI=1S/C20H19N3O4/c21-12-14-6-7-22-18(11-14)27-15-3-2-8-23(13-15)20(24)16-4-1-5-17-19(16)26-10-9-25-17/h1,4-7,11,15H,2-3,8-10,13H2. The summed E-state index contributed by atoms with van der Waals surface area (Å²) in [7, 11) is 0. The van der Waals surface area contributed by atoms with Gasteiger partial charge in [0.15, 0.2) is 11.5 Å². The Labute approximate surface area is 157 Å². The van der Waals surface area contributed by atoms with Crippen LogP contribution in [0.15, 0.2) is 36.5 Å². The van der Waals surface area contributed by atoms with Crippen LogP contribution in [0.4, 0.5) is 0 Å². The number of rotatable bonds is 3. The molecule has 1 amide bonds. The Morgan fingerprint density at radius 1 is 1.30 bits per heavy atom. The van der Waals surface area contributed by atoms with Crippen molar-refractivity contribution in [1.29, 1.82) is 5.26 Å². The highest BCUT2D eigenvalue weighted by Crippen LogP contribution is 2.34. The fourth-order valence-corrected chi connectivity index (χ4v) is 3.35. The first-order valence-electron chi connectivity index (χ1n) is 8.95. The number of ether oxygens (including phenoxy) is 3. The molecule has 2 aromatic rings. The summed E-state index contributed by atoms with van der Waals surface area (Å²) in [5.74, 6) is 1.43. The van der Waals surface area contributed by atoms with Gasteiger partial charge in [0.2, 0.25) is 5.88 Å². The van der Waals surface area contributed by atoms with Crippen molar-refractivity contribution in [3.63, 3.8) is 0 Å². The number of benzene rings is 1. The van der Waals surface area contributed by atoms with Gasteiger partial charge in [-0.25, -0.2) is 4.98 Å². The molecule has 4 rings (SSSR count). The number of nitrogens with zero attached hydrogens (tertiary/aromatic N) is 3. The number of para-hydroxylation sites is 1. The normalized spacial score (nSPS) is 18.5. The first-order chi connectivity index (χ1) is 13.2. The highest BCUT2D eigenvalue weighted by molar-refractivity contribution is 5.98. The second-order valence-corrected chi connectivity index (χ2v) is 6.46. The molecule has 1 saturated heterocycles. The van der Waals surface area contributed by atoms with Gasteiger partial charge >= 0.3 is 0 Å². The topological polar surface area (TPSA) is 84.7 Å². The number of piperidine rings is 1. The molecule has 0 bridgehead atoms. The lowest BCUT2D eigenvalue weighted by Gasteiger charge is -2.33. The predicted molar refractivity (Wildman–Crippen MR) is 95.9 cm³/mol. The van der Waals surface area contributed by atoms with Gasteiger partial charge in [0.25, 0.3) is 5.91 Å². The average molecular weight is 365 g/mol. The van der Waals surface area contributed by atoms with E-state index in [-0.39, 0.29) is 12.0 Å². The average Bonchev–Trinajstić information content (AvgIpc) is 2.73. The van der Waals surface area contributed by atoms with Gasteiger partial charge in [-0.05, 0) is 31.0 Å². The van der Waals surface area contributed by atoms with E-state index in [1.807, 2.05) is 0 Å². The van der Waals surface area contributed by atoms with Gasteiger partial charge in [-0.2, -0.15) is 5.26 Å². The summed E-state index contributed by atoms with van der Waals surface area (Å²) in [6.07, 6.45) is 3.05. The fourth-order valence-electron chi connectivity index (χ4n) is 3.35. The molecular weight excluding hydrogens is 346 g/mol. The van der Waals surface area contributed by atoms with Crippen molar-refractivity contribution in [2.24, 2.45) is 0 Å². The SMILES string of the molecule is N#Cc1ccnc(OC2CCCN(C(=O)c3cccc4c3OCCO4)C2)c1. The van der Waals surface area contributed by atoms with Crippen molar-refractivity contribution >= 4 is 5.91 Å². The molecule has 7 nitrogen and oxygen atoms in total. The quantitative estimate of drug-likeness (QED) is 0.830. The van der Waals surface area contributed by atoms with Crippen LogP contribution < -0.4 is 14.2 Å². The minimum Gasteiger partial charge on any atom is -0.486 e. The molecule has 0 N–H and O–H groups in total. The maximum atomic E-state index is 13.0. The lowest BCUT2D eigenvalue weighted by atomic mass is 10.1. The van der Waals surface area contributed by atoms with Gasteiger partial charge in [0, 0.05) is 18.8 Å². The van der Waals surface area contributed by atoms with E-state index < -0.39 is 0 Å². The smallest absolute Gasteiger partial charge is 0.257 e. The summed E-state index contributed by atoms with van der Waals surface area (Å²) in [6, 6.07) is 10.7. The summed E-state index contributed by atoms with van der Waals surface area (Å²) >= 11 is 0. The van der Waals surface area contributed by atoms with Crippen molar-refractivity contribution in [2.75, 3.05) is 26.3 Å². The molecule has 27 heavy (non-hydrogen) atoms. The molecule has 1 fully saturated rings. The van der Waals surface area contributed by atoms with Crippen LogP contribution in [0, 0.1) is 11.3 Å². The molecule has 2 aliphatic rings. The molecule has 138 valence electrons. The zero-order chi connectivity index (χ0) is 18.6. The van der Waals surface area contributed by atoms with Crippen LogP contribution in [0.3, 0.4) is 0 Å².